The van der Waals surface area contributed by atoms with Gasteiger partial charge in [-0.25, -0.2) is 4.79 Å². The van der Waals surface area contributed by atoms with Gasteiger partial charge in [-0.1, -0.05) is 18.5 Å². The first kappa shape index (κ1) is 21.5. The zero-order valence-electron chi connectivity index (χ0n) is 17.2. The summed E-state index contributed by atoms with van der Waals surface area (Å²) in [4.78, 5) is 43.3. The van der Waals surface area contributed by atoms with Crippen LogP contribution in [0, 0.1) is 5.92 Å². The van der Waals surface area contributed by atoms with Crippen LogP contribution < -0.4 is 10.7 Å². The average Bonchev–Trinajstić information content (AvgIpc) is 3.22. The summed E-state index contributed by atoms with van der Waals surface area (Å²) in [6, 6.07) is 3.43. The summed E-state index contributed by atoms with van der Waals surface area (Å²) in [5.41, 5.74) is 1.69. The molecule has 0 atom stereocenters. The van der Waals surface area contributed by atoms with Crippen LogP contribution in [0.3, 0.4) is 0 Å². The molecule has 3 fully saturated rings. The van der Waals surface area contributed by atoms with Gasteiger partial charge in [-0.15, -0.1) is 11.3 Å². The number of nitrogens with one attached hydrogen (secondary N) is 2. The maximum Gasteiger partial charge on any atom is 0.344 e. The van der Waals surface area contributed by atoms with E-state index in [1.807, 2.05) is 17.0 Å². The Kier molecular flexibility index (Phi) is 6.34. The van der Waals surface area contributed by atoms with E-state index in [0.717, 1.165) is 54.9 Å². The Hall–Kier alpha value is -1.68. The molecule has 0 unspecified atom stereocenters. The minimum atomic E-state index is -0.840. The molecule has 4 amide bonds. The summed E-state index contributed by atoms with van der Waals surface area (Å²) in [5, 5.41) is 3.71. The smallest absolute Gasteiger partial charge is 0.322 e. The van der Waals surface area contributed by atoms with Crippen LogP contribution in [0.4, 0.5) is 4.79 Å². The Balaban J connectivity index is 1.24. The fourth-order valence-corrected chi connectivity index (χ4v) is 5.57. The standard InChI is InChI=1S/C20H28ClN5O3S/c1-14-4-6-20(7-5-14)18(28)26(19(29)22-20)23-17(27)13-25-10-8-24(9-11-25)12-15-2-3-16(21)30-15/h2-3,14H,4-13H2,1H3,(H,22,29)(H,23,27). The van der Waals surface area contributed by atoms with Crippen molar-refractivity contribution in [2.75, 3.05) is 32.7 Å². The van der Waals surface area contributed by atoms with E-state index >= 15 is 0 Å². The normalized spacial score (nSPS) is 28.2. The molecule has 2 N–H and O–H groups in total. The Bertz CT molecular complexity index is 815. The molecule has 1 aliphatic carbocycles. The van der Waals surface area contributed by atoms with Crippen LogP contribution in [0.2, 0.25) is 4.34 Å². The molecule has 1 spiro atoms. The number of hydrazine groups is 1. The lowest BCUT2D eigenvalue weighted by Gasteiger charge is -2.34. The van der Waals surface area contributed by atoms with Gasteiger partial charge in [0, 0.05) is 37.6 Å². The second kappa shape index (κ2) is 8.82. The van der Waals surface area contributed by atoms with E-state index < -0.39 is 11.6 Å². The van der Waals surface area contributed by atoms with Crippen molar-refractivity contribution in [2.24, 2.45) is 5.92 Å². The number of hydrogen-bond acceptors (Lipinski definition) is 6. The third-order valence-corrected chi connectivity index (χ3v) is 7.58. The molecular formula is C20H28ClN5O3S. The van der Waals surface area contributed by atoms with Crippen molar-refractivity contribution in [1.29, 1.82) is 0 Å². The molecule has 0 aromatic carbocycles. The zero-order valence-corrected chi connectivity index (χ0v) is 18.7. The van der Waals surface area contributed by atoms with E-state index in [-0.39, 0.29) is 18.4 Å². The van der Waals surface area contributed by atoms with E-state index in [2.05, 4.69) is 22.6 Å². The fourth-order valence-electron chi connectivity index (χ4n) is 4.44. The molecule has 0 radical (unpaired) electrons. The van der Waals surface area contributed by atoms with Crippen LogP contribution in [0.1, 0.15) is 37.5 Å². The van der Waals surface area contributed by atoms with E-state index in [1.165, 1.54) is 4.88 Å². The molecule has 164 valence electrons. The van der Waals surface area contributed by atoms with Crippen LogP contribution in [-0.2, 0) is 16.1 Å². The number of nitrogens with zero attached hydrogens (tertiary/aromatic N) is 3. The van der Waals surface area contributed by atoms with Crippen molar-refractivity contribution >= 4 is 40.8 Å². The number of carbonyl (C=O) groups is 3. The van der Waals surface area contributed by atoms with Gasteiger partial charge in [0.2, 0.25) is 0 Å². The molecule has 0 bridgehead atoms. The quantitative estimate of drug-likeness (QED) is 0.666. The van der Waals surface area contributed by atoms with Gasteiger partial charge < -0.3 is 5.32 Å². The SMILES string of the molecule is CC1CCC2(CC1)NC(=O)N(NC(=O)CN1CCN(Cc3ccc(Cl)s3)CC1)C2=O. The summed E-state index contributed by atoms with van der Waals surface area (Å²) >= 11 is 7.58. The fraction of sp³-hybridized carbons (Fsp3) is 0.650. The summed E-state index contributed by atoms with van der Waals surface area (Å²) in [7, 11) is 0. The largest absolute Gasteiger partial charge is 0.344 e. The van der Waals surface area contributed by atoms with Gasteiger partial charge in [0.15, 0.2) is 0 Å². The van der Waals surface area contributed by atoms with Gasteiger partial charge in [-0.05, 0) is 43.7 Å². The molecule has 1 aromatic heterocycles. The van der Waals surface area contributed by atoms with Crippen molar-refractivity contribution in [3.05, 3.63) is 21.3 Å². The first-order chi connectivity index (χ1) is 14.3. The lowest BCUT2D eigenvalue weighted by atomic mass is 9.77. The van der Waals surface area contributed by atoms with Crippen LogP contribution in [0.5, 0.6) is 0 Å². The Labute approximate surface area is 185 Å². The van der Waals surface area contributed by atoms with E-state index in [9.17, 15) is 14.4 Å². The predicted octanol–water partition coefficient (Wildman–Crippen LogP) is 2.05. The molecule has 8 nitrogen and oxygen atoms in total. The number of halogens is 1. The van der Waals surface area contributed by atoms with Gasteiger partial charge in [0.25, 0.3) is 11.8 Å². The number of piperazine rings is 1. The predicted molar refractivity (Wildman–Crippen MR) is 115 cm³/mol. The lowest BCUT2D eigenvalue weighted by molar-refractivity contribution is -0.140. The second-order valence-corrected chi connectivity index (χ2v) is 10.4. The number of thiophene rings is 1. The molecule has 2 saturated heterocycles. The maximum absolute atomic E-state index is 12.8. The van der Waals surface area contributed by atoms with Crippen molar-refractivity contribution in [1.82, 2.24) is 25.6 Å². The third-order valence-electron chi connectivity index (χ3n) is 6.37. The molecule has 1 saturated carbocycles. The highest BCUT2D eigenvalue weighted by Crippen LogP contribution is 2.35. The third kappa shape index (κ3) is 4.64. The molecule has 2 aliphatic heterocycles. The molecule has 3 heterocycles. The second-order valence-electron chi connectivity index (χ2n) is 8.63. The van der Waals surface area contributed by atoms with E-state index in [4.69, 9.17) is 11.6 Å². The van der Waals surface area contributed by atoms with Crippen molar-refractivity contribution in [2.45, 2.75) is 44.7 Å². The van der Waals surface area contributed by atoms with Crippen LogP contribution in [0.15, 0.2) is 12.1 Å². The number of hydrogen-bond donors (Lipinski definition) is 2. The Morgan fingerprint density at radius 3 is 2.50 bits per heavy atom. The zero-order chi connectivity index (χ0) is 21.3. The monoisotopic (exact) mass is 453 g/mol. The van der Waals surface area contributed by atoms with Crippen molar-refractivity contribution < 1.29 is 14.4 Å². The molecule has 1 aromatic rings. The Morgan fingerprint density at radius 1 is 1.20 bits per heavy atom. The highest BCUT2D eigenvalue weighted by molar-refractivity contribution is 7.16. The molecule has 10 heteroatoms. The molecule has 4 rings (SSSR count). The van der Waals surface area contributed by atoms with Crippen LogP contribution in [-0.4, -0.2) is 70.9 Å². The summed E-state index contributed by atoms with van der Waals surface area (Å²) < 4.78 is 0.797. The van der Waals surface area contributed by atoms with Gasteiger partial charge in [-0.3, -0.25) is 24.8 Å². The minimum absolute atomic E-state index is 0.166. The first-order valence-electron chi connectivity index (χ1n) is 10.5. The van der Waals surface area contributed by atoms with E-state index in [0.29, 0.717) is 18.8 Å². The topological polar surface area (TPSA) is 85.0 Å². The summed E-state index contributed by atoms with van der Waals surface area (Å²) in [5.74, 6) is -0.107. The highest BCUT2D eigenvalue weighted by atomic mass is 35.5. The maximum atomic E-state index is 12.8. The van der Waals surface area contributed by atoms with Crippen molar-refractivity contribution in [3.63, 3.8) is 0 Å². The van der Waals surface area contributed by atoms with Crippen molar-refractivity contribution in [3.8, 4) is 0 Å². The number of rotatable bonds is 5. The first-order valence-corrected chi connectivity index (χ1v) is 11.7. The number of urea groups is 1. The van der Waals surface area contributed by atoms with Crippen LogP contribution >= 0.6 is 22.9 Å². The van der Waals surface area contributed by atoms with Gasteiger partial charge >= 0.3 is 6.03 Å². The van der Waals surface area contributed by atoms with E-state index in [1.54, 1.807) is 11.3 Å². The Morgan fingerprint density at radius 2 is 1.87 bits per heavy atom. The summed E-state index contributed by atoms with van der Waals surface area (Å²) in [6.45, 7) is 6.41. The summed E-state index contributed by atoms with van der Waals surface area (Å²) in [6.07, 6.45) is 3.05. The van der Waals surface area contributed by atoms with Crippen LogP contribution in [0.25, 0.3) is 0 Å². The molecule has 30 heavy (non-hydrogen) atoms. The average molecular weight is 454 g/mol. The lowest BCUT2D eigenvalue weighted by Crippen LogP contribution is -2.54. The molecular weight excluding hydrogens is 426 g/mol. The van der Waals surface area contributed by atoms with Gasteiger partial charge in [0.05, 0.1) is 10.9 Å². The van der Waals surface area contributed by atoms with Gasteiger partial charge in [-0.2, -0.15) is 5.01 Å². The molecule has 3 aliphatic rings. The number of amides is 4. The number of carbonyl (C=O) groups excluding carboxylic acids is 3. The highest BCUT2D eigenvalue weighted by Gasteiger charge is 2.52. The number of imide groups is 1. The minimum Gasteiger partial charge on any atom is -0.322 e. The van der Waals surface area contributed by atoms with Gasteiger partial charge in [0.1, 0.15) is 5.54 Å².